The number of rotatable bonds is 8. The Labute approximate surface area is 232 Å². The van der Waals surface area contributed by atoms with Gasteiger partial charge < -0.3 is 14.2 Å². The third kappa shape index (κ3) is 5.34. The molecule has 0 radical (unpaired) electrons. The number of nitriles is 1. The number of benzene rings is 2. The highest BCUT2D eigenvalue weighted by atomic mass is 35.5. The normalized spacial score (nSPS) is 14.9. The van der Waals surface area contributed by atoms with Crippen LogP contribution in [0, 0.1) is 11.3 Å². The van der Waals surface area contributed by atoms with Crippen molar-refractivity contribution in [3.63, 3.8) is 0 Å². The average Bonchev–Trinajstić information content (AvgIpc) is 3.19. The molecule has 1 aliphatic rings. The van der Waals surface area contributed by atoms with Crippen LogP contribution in [0.4, 0.5) is 0 Å². The minimum Gasteiger partial charge on any atom is -0.490 e. The second-order valence-corrected chi connectivity index (χ2v) is 9.83. The highest BCUT2D eigenvalue weighted by Crippen LogP contribution is 2.37. The van der Waals surface area contributed by atoms with E-state index in [2.05, 4.69) is 4.99 Å². The van der Waals surface area contributed by atoms with E-state index in [0.717, 1.165) is 0 Å². The van der Waals surface area contributed by atoms with Gasteiger partial charge in [0.05, 0.1) is 39.1 Å². The van der Waals surface area contributed by atoms with Crippen molar-refractivity contribution in [2.45, 2.75) is 26.8 Å². The minimum atomic E-state index is -0.876. The van der Waals surface area contributed by atoms with E-state index in [9.17, 15) is 9.59 Å². The van der Waals surface area contributed by atoms with Crippen molar-refractivity contribution < 1.29 is 19.0 Å². The van der Waals surface area contributed by atoms with Crippen LogP contribution in [0.25, 0.3) is 6.08 Å². The van der Waals surface area contributed by atoms with E-state index in [1.165, 1.54) is 15.9 Å². The van der Waals surface area contributed by atoms with Gasteiger partial charge in [0.1, 0.15) is 12.1 Å². The Bertz CT molecular complexity index is 1650. The molecule has 0 spiro atoms. The molecule has 8 nitrogen and oxygen atoms in total. The summed E-state index contributed by atoms with van der Waals surface area (Å²) in [7, 11) is 0. The smallest absolute Gasteiger partial charge is 0.338 e. The molecular weight excluding hydrogens is 549 g/mol. The number of carbonyl (C=O) groups excluding carboxylic acids is 1. The molecule has 1 aromatic heterocycles. The minimum absolute atomic E-state index is 0.119. The number of ether oxygens (including phenoxy) is 3. The van der Waals surface area contributed by atoms with Gasteiger partial charge in [-0.25, -0.2) is 9.79 Å². The van der Waals surface area contributed by atoms with Crippen LogP contribution in [0.15, 0.2) is 57.5 Å². The Hall–Kier alpha value is -3.58. The van der Waals surface area contributed by atoms with E-state index < -0.39 is 12.0 Å². The zero-order valence-corrected chi connectivity index (χ0v) is 23.1. The predicted molar refractivity (Wildman–Crippen MR) is 146 cm³/mol. The molecule has 0 N–H and O–H groups in total. The molecule has 11 heteroatoms. The van der Waals surface area contributed by atoms with Crippen molar-refractivity contribution in [1.29, 1.82) is 5.26 Å². The molecule has 0 aliphatic carbocycles. The van der Waals surface area contributed by atoms with Crippen LogP contribution < -0.4 is 24.4 Å². The lowest BCUT2D eigenvalue weighted by molar-refractivity contribution is -0.139. The van der Waals surface area contributed by atoms with E-state index in [-0.39, 0.29) is 29.4 Å². The van der Waals surface area contributed by atoms with E-state index >= 15 is 0 Å². The van der Waals surface area contributed by atoms with Crippen molar-refractivity contribution in [3.05, 3.63) is 88.5 Å². The number of allylic oxidation sites excluding steroid dienone is 1. The fraction of sp³-hybridized carbons (Fsp3) is 0.259. The standard InChI is InChI=1S/C27H23Cl2N3O5S/c1-4-35-20-13-16(9-10-19(20)37-12-11-30)14-21-25(33)32-24(17-7-6-8-18(28)23(17)29)22(26(34)36-5-2)15(3)31-27(32)38-21/h6-10,13-14,24H,4-5,12H2,1-3H3/b21-14-/t24-/m0/s1. The van der Waals surface area contributed by atoms with Gasteiger partial charge in [0.2, 0.25) is 0 Å². The Morgan fingerprint density at radius 3 is 2.68 bits per heavy atom. The third-order valence-electron chi connectivity index (χ3n) is 5.65. The zero-order valence-electron chi connectivity index (χ0n) is 20.8. The lowest BCUT2D eigenvalue weighted by atomic mass is 9.96. The molecule has 2 aromatic carbocycles. The summed E-state index contributed by atoms with van der Waals surface area (Å²) >= 11 is 14.1. The number of halogens is 2. The number of hydrogen-bond acceptors (Lipinski definition) is 8. The molecule has 3 aromatic rings. The molecule has 2 heterocycles. The summed E-state index contributed by atoms with van der Waals surface area (Å²) in [6, 6.07) is 11.3. The largest absolute Gasteiger partial charge is 0.490 e. The Kier molecular flexibility index (Phi) is 8.57. The molecule has 1 atom stereocenters. The quantitative estimate of drug-likeness (QED) is 0.371. The molecule has 4 rings (SSSR count). The second-order valence-electron chi connectivity index (χ2n) is 8.03. The summed E-state index contributed by atoms with van der Waals surface area (Å²) in [4.78, 5) is 31.8. The van der Waals surface area contributed by atoms with Gasteiger partial charge in [-0.1, -0.05) is 52.7 Å². The van der Waals surface area contributed by atoms with Crippen molar-refractivity contribution in [3.8, 4) is 17.6 Å². The molecule has 0 fully saturated rings. The number of hydrogen-bond donors (Lipinski definition) is 0. The van der Waals surface area contributed by atoms with E-state index in [1.807, 2.05) is 13.0 Å². The fourth-order valence-corrected chi connectivity index (χ4v) is 5.54. The Balaban J connectivity index is 1.91. The molecule has 0 saturated carbocycles. The van der Waals surface area contributed by atoms with Crippen LogP contribution in [0.3, 0.4) is 0 Å². The van der Waals surface area contributed by atoms with Crippen LogP contribution in [-0.2, 0) is 9.53 Å². The number of fused-ring (bicyclic) bond motifs is 1. The highest BCUT2D eigenvalue weighted by Gasteiger charge is 2.34. The van der Waals surface area contributed by atoms with Gasteiger partial charge >= 0.3 is 5.97 Å². The summed E-state index contributed by atoms with van der Waals surface area (Å²) < 4.78 is 18.2. The number of aromatic nitrogens is 1. The first kappa shape index (κ1) is 27.5. The second kappa shape index (κ2) is 11.9. The summed E-state index contributed by atoms with van der Waals surface area (Å²) in [5, 5.41) is 9.36. The van der Waals surface area contributed by atoms with Gasteiger partial charge in [0.25, 0.3) is 5.56 Å². The number of carbonyl (C=O) groups is 1. The Morgan fingerprint density at radius 2 is 1.97 bits per heavy atom. The van der Waals surface area contributed by atoms with Crippen molar-refractivity contribution >= 4 is 46.6 Å². The number of thiazole rings is 1. The first-order valence-electron chi connectivity index (χ1n) is 11.7. The van der Waals surface area contributed by atoms with Crippen LogP contribution in [0.1, 0.15) is 37.9 Å². The van der Waals surface area contributed by atoms with Crippen LogP contribution in [-0.4, -0.2) is 30.4 Å². The highest BCUT2D eigenvalue weighted by molar-refractivity contribution is 7.07. The summed E-state index contributed by atoms with van der Waals surface area (Å²) in [5.74, 6) is 0.295. The fourth-order valence-electron chi connectivity index (χ4n) is 4.08. The predicted octanol–water partition coefficient (Wildman–Crippen LogP) is 4.41. The first-order chi connectivity index (χ1) is 18.3. The van der Waals surface area contributed by atoms with Gasteiger partial charge in [0.15, 0.2) is 22.9 Å². The van der Waals surface area contributed by atoms with Crippen LogP contribution in [0.2, 0.25) is 10.0 Å². The van der Waals surface area contributed by atoms with E-state index in [0.29, 0.717) is 49.3 Å². The van der Waals surface area contributed by atoms with Gasteiger partial charge in [-0.3, -0.25) is 9.36 Å². The maximum atomic E-state index is 13.8. The monoisotopic (exact) mass is 571 g/mol. The Morgan fingerprint density at radius 1 is 1.18 bits per heavy atom. The molecule has 0 amide bonds. The maximum absolute atomic E-state index is 13.8. The number of esters is 1. The van der Waals surface area contributed by atoms with Gasteiger partial charge in [0, 0.05) is 5.56 Å². The molecule has 196 valence electrons. The number of nitrogens with zero attached hydrogens (tertiary/aromatic N) is 3. The third-order valence-corrected chi connectivity index (χ3v) is 7.47. The van der Waals surface area contributed by atoms with Gasteiger partial charge in [-0.2, -0.15) is 5.26 Å². The first-order valence-corrected chi connectivity index (χ1v) is 13.3. The van der Waals surface area contributed by atoms with Gasteiger partial charge in [-0.05, 0) is 50.6 Å². The summed E-state index contributed by atoms with van der Waals surface area (Å²) in [6.07, 6.45) is 1.71. The molecule has 0 unspecified atom stereocenters. The average molecular weight is 572 g/mol. The topological polar surface area (TPSA) is 103 Å². The molecule has 38 heavy (non-hydrogen) atoms. The maximum Gasteiger partial charge on any atom is 0.338 e. The lowest BCUT2D eigenvalue weighted by Crippen LogP contribution is -2.40. The van der Waals surface area contributed by atoms with Crippen molar-refractivity contribution in [2.75, 3.05) is 19.8 Å². The van der Waals surface area contributed by atoms with Crippen molar-refractivity contribution in [2.24, 2.45) is 4.99 Å². The zero-order chi connectivity index (χ0) is 27.4. The van der Waals surface area contributed by atoms with Crippen LogP contribution >= 0.6 is 34.5 Å². The van der Waals surface area contributed by atoms with Crippen LogP contribution in [0.5, 0.6) is 11.5 Å². The lowest BCUT2D eigenvalue weighted by Gasteiger charge is -2.25. The molecule has 1 aliphatic heterocycles. The summed E-state index contributed by atoms with van der Waals surface area (Å²) in [6.45, 7) is 5.67. The SMILES string of the molecule is CCOC(=O)C1=C(C)N=c2s/c(=C\c3ccc(OCC#N)c(OCC)c3)c(=O)n2[C@H]1c1cccc(Cl)c1Cl. The van der Waals surface area contributed by atoms with Crippen molar-refractivity contribution in [1.82, 2.24) is 4.57 Å². The molecular formula is C27H23Cl2N3O5S. The van der Waals surface area contributed by atoms with E-state index in [1.54, 1.807) is 56.3 Å². The van der Waals surface area contributed by atoms with Gasteiger partial charge in [-0.15, -0.1) is 0 Å². The molecule has 0 bridgehead atoms. The molecule has 0 saturated heterocycles. The van der Waals surface area contributed by atoms with E-state index in [4.69, 9.17) is 42.7 Å². The summed E-state index contributed by atoms with van der Waals surface area (Å²) in [5.41, 5.74) is 1.46.